The van der Waals surface area contributed by atoms with E-state index in [0.29, 0.717) is 0 Å². The summed E-state index contributed by atoms with van der Waals surface area (Å²) in [5.74, 6) is -0.269. The van der Waals surface area contributed by atoms with Crippen molar-refractivity contribution in [2.24, 2.45) is 0 Å². The van der Waals surface area contributed by atoms with Crippen molar-refractivity contribution in [2.45, 2.75) is 11.7 Å². The van der Waals surface area contributed by atoms with E-state index in [4.69, 9.17) is 4.18 Å². The maximum atomic E-state index is 11.9. The molecule has 1 saturated heterocycles. The van der Waals surface area contributed by atoms with Gasteiger partial charge in [0.25, 0.3) is 0 Å². The van der Waals surface area contributed by atoms with Crippen molar-refractivity contribution in [3.63, 3.8) is 0 Å². The molecule has 5 nitrogen and oxygen atoms in total. The van der Waals surface area contributed by atoms with Crippen LogP contribution in [0.25, 0.3) is 0 Å². The van der Waals surface area contributed by atoms with E-state index in [1.807, 2.05) is 0 Å². The minimum Gasteiger partial charge on any atom is -0.382 e. The van der Waals surface area contributed by atoms with E-state index in [1.165, 1.54) is 12.1 Å². The molecule has 1 aliphatic rings. The fourth-order valence-electron chi connectivity index (χ4n) is 1.68. The Labute approximate surface area is 114 Å². The van der Waals surface area contributed by atoms with Gasteiger partial charge in [0.15, 0.2) is 9.84 Å². The number of sulfone groups is 1. The molecule has 1 unspecified atom stereocenters. The van der Waals surface area contributed by atoms with Crippen LogP contribution in [-0.4, -0.2) is 33.6 Å². The quantitative estimate of drug-likeness (QED) is 0.765. The second-order valence-electron chi connectivity index (χ2n) is 4.06. The largest absolute Gasteiger partial charge is 0.382 e. The van der Waals surface area contributed by atoms with E-state index in [1.54, 1.807) is 12.1 Å². The van der Waals surface area contributed by atoms with Gasteiger partial charge in [0.05, 0.1) is 11.5 Å². The van der Waals surface area contributed by atoms with Crippen molar-refractivity contribution in [2.75, 3.05) is 11.5 Å². The Bertz CT molecular complexity index is 633. The second kappa shape index (κ2) is 4.82. The summed E-state index contributed by atoms with van der Waals surface area (Å²) in [5.41, 5.74) is 0. The molecule has 100 valence electrons. The average Bonchev–Trinajstić information content (AvgIpc) is 2.63. The third-order valence-electron chi connectivity index (χ3n) is 2.62. The zero-order chi connectivity index (χ0) is 13.4. The highest BCUT2D eigenvalue weighted by molar-refractivity contribution is 9.10. The van der Waals surface area contributed by atoms with E-state index in [0.717, 1.165) is 4.47 Å². The van der Waals surface area contributed by atoms with Gasteiger partial charge < -0.3 is 4.18 Å². The van der Waals surface area contributed by atoms with E-state index in [2.05, 4.69) is 15.9 Å². The van der Waals surface area contributed by atoms with E-state index >= 15 is 0 Å². The van der Waals surface area contributed by atoms with Crippen LogP contribution in [0.2, 0.25) is 0 Å². The maximum Gasteiger partial charge on any atom is 0.313 e. The molecule has 1 heterocycles. The molecule has 0 N–H and O–H groups in total. The van der Waals surface area contributed by atoms with Gasteiger partial charge in [-0.25, -0.2) is 8.42 Å². The molecule has 1 aromatic carbocycles. The summed E-state index contributed by atoms with van der Waals surface area (Å²) in [6, 6.07) is 6.31. The molecule has 0 radical (unpaired) electrons. The smallest absolute Gasteiger partial charge is 0.313 e. The summed E-state index contributed by atoms with van der Waals surface area (Å²) in [7, 11) is -7.14. The first-order valence-electron chi connectivity index (χ1n) is 5.18. The Morgan fingerprint density at radius 2 is 1.83 bits per heavy atom. The molecule has 0 aromatic heterocycles. The molecule has 1 aliphatic heterocycles. The highest BCUT2D eigenvalue weighted by Gasteiger charge is 2.38. The average molecular weight is 355 g/mol. The fourth-order valence-corrected chi connectivity index (χ4v) is 5.85. The van der Waals surface area contributed by atoms with Gasteiger partial charge in [-0.2, -0.15) is 8.42 Å². The van der Waals surface area contributed by atoms with Crippen molar-refractivity contribution < 1.29 is 21.0 Å². The predicted octanol–water partition coefficient (Wildman–Crippen LogP) is 1.34. The fraction of sp³-hybridized carbons (Fsp3) is 0.400. The van der Waals surface area contributed by atoms with Crippen molar-refractivity contribution >= 4 is 35.9 Å². The van der Waals surface area contributed by atoms with Crippen LogP contribution in [0.1, 0.15) is 6.42 Å². The summed E-state index contributed by atoms with van der Waals surface area (Å²) in [4.78, 5) is 0. The van der Waals surface area contributed by atoms with Crippen LogP contribution in [0.4, 0.5) is 0 Å². The lowest BCUT2D eigenvalue weighted by atomic mass is 10.3. The highest BCUT2D eigenvalue weighted by Crippen LogP contribution is 2.24. The molecule has 2 rings (SSSR count). The molecule has 18 heavy (non-hydrogen) atoms. The minimum atomic E-state index is -3.89. The van der Waals surface area contributed by atoms with Gasteiger partial charge in [-0.3, -0.25) is 0 Å². The summed E-state index contributed by atoms with van der Waals surface area (Å²) in [6.45, 7) is 0. The molecule has 0 saturated carbocycles. The van der Waals surface area contributed by atoms with Crippen LogP contribution in [-0.2, 0) is 20.0 Å². The third kappa shape index (κ3) is 3.24. The van der Waals surface area contributed by atoms with E-state index in [-0.39, 0.29) is 23.7 Å². The van der Waals surface area contributed by atoms with Crippen molar-refractivity contribution in [3.8, 4) is 5.75 Å². The van der Waals surface area contributed by atoms with Crippen LogP contribution in [0.5, 0.6) is 5.75 Å². The standard InChI is InChI=1S/C10H11BrO5S2/c11-8-1-3-9(4-2-8)16-18(14,15)10-5-6-17(12,13)7-10/h1-4,10H,5-7H2. The zero-order valence-corrected chi connectivity index (χ0v) is 12.5. The van der Waals surface area contributed by atoms with Gasteiger partial charge in [-0.15, -0.1) is 0 Å². The Balaban J connectivity index is 2.15. The molecular weight excluding hydrogens is 344 g/mol. The van der Waals surface area contributed by atoms with Crippen molar-refractivity contribution in [1.29, 1.82) is 0 Å². The third-order valence-corrected chi connectivity index (χ3v) is 6.78. The SMILES string of the molecule is O=S1(=O)CCC(S(=O)(=O)Oc2ccc(Br)cc2)C1. The predicted molar refractivity (Wildman–Crippen MR) is 70.7 cm³/mol. The van der Waals surface area contributed by atoms with Crippen molar-refractivity contribution in [3.05, 3.63) is 28.7 Å². The van der Waals surface area contributed by atoms with Gasteiger partial charge in [-0.1, -0.05) is 15.9 Å². The summed E-state index contributed by atoms with van der Waals surface area (Å²) in [5, 5.41) is -0.967. The highest BCUT2D eigenvalue weighted by atomic mass is 79.9. The van der Waals surface area contributed by atoms with Gasteiger partial charge in [0.1, 0.15) is 11.0 Å². The molecule has 0 bridgehead atoms. The summed E-state index contributed by atoms with van der Waals surface area (Å²) in [6.07, 6.45) is 0.0984. The molecular formula is C10H11BrO5S2. The summed E-state index contributed by atoms with van der Waals surface area (Å²) < 4.78 is 52.0. The van der Waals surface area contributed by atoms with Crippen molar-refractivity contribution in [1.82, 2.24) is 0 Å². The molecule has 0 amide bonds. The number of rotatable bonds is 3. The van der Waals surface area contributed by atoms with Gasteiger partial charge >= 0.3 is 10.1 Å². The lowest BCUT2D eigenvalue weighted by Crippen LogP contribution is -2.27. The molecule has 1 fully saturated rings. The number of halogens is 1. The van der Waals surface area contributed by atoms with Crippen LogP contribution in [0.3, 0.4) is 0 Å². The summed E-state index contributed by atoms with van der Waals surface area (Å²) >= 11 is 3.22. The topological polar surface area (TPSA) is 77.5 Å². The number of hydrogen-bond donors (Lipinski definition) is 0. The molecule has 1 atom stereocenters. The minimum absolute atomic E-state index is 0.0966. The first-order valence-corrected chi connectivity index (χ1v) is 9.26. The van der Waals surface area contributed by atoms with Gasteiger partial charge in [0.2, 0.25) is 0 Å². The maximum absolute atomic E-state index is 11.9. The Morgan fingerprint density at radius 3 is 2.33 bits per heavy atom. The van der Waals surface area contributed by atoms with Crippen LogP contribution < -0.4 is 4.18 Å². The zero-order valence-electron chi connectivity index (χ0n) is 9.24. The van der Waals surface area contributed by atoms with E-state index < -0.39 is 25.2 Å². The van der Waals surface area contributed by atoms with Gasteiger partial charge in [-0.05, 0) is 30.7 Å². The number of hydrogen-bond acceptors (Lipinski definition) is 5. The Kier molecular flexibility index (Phi) is 3.70. The second-order valence-corrected chi connectivity index (χ2v) is 9.02. The van der Waals surface area contributed by atoms with E-state index in [9.17, 15) is 16.8 Å². The Morgan fingerprint density at radius 1 is 1.22 bits per heavy atom. The first kappa shape index (κ1) is 13.8. The van der Waals surface area contributed by atoms with Crippen LogP contribution in [0, 0.1) is 0 Å². The Hall–Kier alpha value is -0.600. The molecule has 1 aromatic rings. The van der Waals surface area contributed by atoms with Crippen LogP contribution >= 0.6 is 15.9 Å². The van der Waals surface area contributed by atoms with Crippen LogP contribution in [0.15, 0.2) is 28.7 Å². The first-order chi connectivity index (χ1) is 8.28. The molecule has 0 spiro atoms. The lowest BCUT2D eigenvalue weighted by Gasteiger charge is -2.11. The monoisotopic (exact) mass is 354 g/mol. The normalized spacial score (nSPS) is 22.8. The number of benzene rings is 1. The molecule has 8 heteroatoms. The molecule has 0 aliphatic carbocycles. The van der Waals surface area contributed by atoms with Gasteiger partial charge in [0, 0.05) is 4.47 Å². The lowest BCUT2D eigenvalue weighted by molar-refractivity contribution is 0.474.